The van der Waals surface area contributed by atoms with E-state index in [1.54, 1.807) is 23.1 Å². The van der Waals surface area contributed by atoms with Gasteiger partial charge >= 0.3 is 0 Å². The molecule has 43 heavy (non-hydrogen) atoms. The number of carbonyl (C=O) groups is 3. The van der Waals surface area contributed by atoms with Gasteiger partial charge in [0.25, 0.3) is 0 Å². The van der Waals surface area contributed by atoms with Gasteiger partial charge in [-0.15, -0.1) is 0 Å². The maximum absolute atomic E-state index is 13.8. The summed E-state index contributed by atoms with van der Waals surface area (Å²) >= 11 is 2.01. The Kier molecular flexibility index (Phi) is 11.9. The molecule has 9 nitrogen and oxygen atoms in total. The second kappa shape index (κ2) is 15.6. The van der Waals surface area contributed by atoms with Gasteiger partial charge in [0.05, 0.1) is 23.3 Å². The van der Waals surface area contributed by atoms with Crippen molar-refractivity contribution in [1.82, 2.24) is 10.2 Å². The Hall–Kier alpha value is -3.03. The fraction of sp³-hybridized carbons (Fsp3) is 0.469. The third kappa shape index (κ3) is 8.54. The predicted octanol–water partition coefficient (Wildman–Crippen LogP) is 4.17. The topological polar surface area (TPSA) is 125 Å². The van der Waals surface area contributed by atoms with Gasteiger partial charge in [0.2, 0.25) is 11.8 Å². The van der Waals surface area contributed by atoms with Crippen LogP contribution in [0.5, 0.6) is 11.5 Å². The molecule has 3 atom stereocenters. The Morgan fingerprint density at radius 2 is 1.91 bits per heavy atom. The number of amides is 2. The minimum absolute atomic E-state index is 0.0351. The summed E-state index contributed by atoms with van der Waals surface area (Å²) in [5.74, 6) is 0.0222. The molecule has 1 saturated carbocycles. The first kappa shape index (κ1) is 32.9. The van der Waals surface area contributed by atoms with Crippen LogP contribution in [-0.4, -0.2) is 71.7 Å². The van der Waals surface area contributed by atoms with Crippen LogP contribution in [0.25, 0.3) is 0 Å². The third-order valence-corrected chi connectivity index (χ3v) is 8.89. The van der Waals surface area contributed by atoms with Crippen LogP contribution in [0.2, 0.25) is 0 Å². The summed E-state index contributed by atoms with van der Waals surface area (Å²) in [4.78, 5) is 40.0. The summed E-state index contributed by atoms with van der Waals surface area (Å²) in [6.45, 7) is -0.105. The number of hydrogen-bond acceptors (Lipinski definition) is 7. The van der Waals surface area contributed by atoms with Gasteiger partial charge in [0.1, 0.15) is 24.3 Å². The average Bonchev–Trinajstić information content (AvgIpc) is 3.54. The Morgan fingerprint density at radius 1 is 1.19 bits per heavy atom. The molecule has 0 bridgehead atoms. The second-order valence-electron chi connectivity index (χ2n) is 11.0. The van der Waals surface area contributed by atoms with Crippen LogP contribution < -0.4 is 14.8 Å². The molecule has 2 aromatic rings. The molecule has 2 amide bonds. The van der Waals surface area contributed by atoms with Crippen molar-refractivity contribution in [3.63, 3.8) is 0 Å². The molecule has 0 heterocycles. The molecule has 0 aromatic heterocycles. The monoisotopic (exact) mass is 708 g/mol. The number of halogens is 2. The summed E-state index contributed by atoms with van der Waals surface area (Å²) in [6.07, 6.45) is 5.49. The van der Waals surface area contributed by atoms with E-state index < -0.39 is 30.0 Å². The van der Waals surface area contributed by atoms with Crippen LogP contribution in [0.1, 0.15) is 60.9 Å². The summed E-state index contributed by atoms with van der Waals surface area (Å²) in [5, 5.41) is 23.7. The molecule has 3 N–H and O–H groups in total. The minimum atomic E-state index is -1.24. The number of nitrogens with zero attached hydrogens (tertiary/aromatic N) is 1. The summed E-state index contributed by atoms with van der Waals surface area (Å²) in [5.41, 5.74) is 1.36. The van der Waals surface area contributed by atoms with E-state index in [4.69, 9.17) is 9.47 Å². The number of hydrogen-bond donors (Lipinski definition) is 3. The Bertz CT molecular complexity index is 1310. The molecular weight excluding hydrogens is 670 g/mol. The van der Waals surface area contributed by atoms with Crippen LogP contribution in [0, 0.1) is 15.3 Å². The largest absolute Gasteiger partial charge is 0.493 e. The van der Waals surface area contributed by atoms with E-state index in [2.05, 4.69) is 5.32 Å². The standard InChI is InChI=1S/C32H38FIN2O7/c1-42-28-15-22(19-38)14-25(34)31(28)43-27-17-23(32(41)35-12-13-37)16-26(30(27)40)36(18-21-6-9-24(33)10-7-21)29(39)11-8-20-4-2-3-5-20/h6-7,9-10,14-15,17,19-20,26-27,30,37,40H,2-5,8,11-13,16,18H2,1H3,(H,35,41)/t26-,27+,30+/m1/s1. The lowest BCUT2D eigenvalue weighted by molar-refractivity contribution is -0.139. The number of benzene rings is 2. The van der Waals surface area contributed by atoms with Gasteiger partial charge in [-0.25, -0.2) is 4.39 Å². The van der Waals surface area contributed by atoms with E-state index in [-0.39, 0.29) is 49.9 Å². The number of aliphatic hydroxyl groups is 2. The van der Waals surface area contributed by atoms with Gasteiger partial charge < -0.3 is 29.9 Å². The average molecular weight is 709 g/mol. The van der Waals surface area contributed by atoms with Crippen LogP contribution in [0.3, 0.4) is 0 Å². The van der Waals surface area contributed by atoms with E-state index in [0.717, 1.165) is 32.1 Å². The Balaban J connectivity index is 1.69. The highest BCUT2D eigenvalue weighted by Crippen LogP contribution is 2.37. The van der Waals surface area contributed by atoms with Crippen LogP contribution >= 0.6 is 22.6 Å². The van der Waals surface area contributed by atoms with Crippen molar-refractivity contribution >= 4 is 40.7 Å². The third-order valence-electron chi connectivity index (χ3n) is 8.08. The first-order chi connectivity index (χ1) is 20.7. The number of aliphatic hydroxyl groups excluding tert-OH is 2. The van der Waals surface area contributed by atoms with Gasteiger partial charge in [-0.1, -0.05) is 37.8 Å². The quantitative estimate of drug-likeness (QED) is 0.211. The van der Waals surface area contributed by atoms with E-state index in [1.807, 2.05) is 22.6 Å². The smallest absolute Gasteiger partial charge is 0.247 e. The zero-order chi connectivity index (χ0) is 30.9. The number of aldehydes is 1. The fourth-order valence-corrected chi connectivity index (χ4v) is 6.54. The Morgan fingerprint density at radius 3 is 2.56 bits per heavy atom. The minimum Gasteiger partial charge on any atom is -0.493 e. The van der Waals surface area contributed by atoms with Gasteiger partial charge in [-0.05, 0) is 70.8 Å². The summed E-state index contributed by atoms with van der Waals surface area (Å²) in [6, 6.07) is 8.14. The number of nitrogens with one attached hydrogen (secondary N) is 1. The van der Waals surface area contributed by atoms with Crippen LogP contribution in [0.4, 0.5) is 4.39 Å². The van der Waals surface area contributed by atoms with E-state index in [0.29, 0.717) is 32.5 Å². The molecule has 2 aliphatic rings. The molecule has 0 spiro atoms. The molecule has 0 unspecified atom stereocenters. The maximum Gasteiger partial charge on any atom is 0.247 e. The number of rotatable bonds is 13. The summed E-state index contributed by atoms with van der Waals surface area (Å²) < 4.78 is 26.0. The van der Waals surface area contributed by atoms with Gasteiger partial charge in [-0.3, -0.25) is 14.4 Å². The molecule has 1 fully saturated rings. The van der Waals surface area contributed by atoms with Gasteiger partial charge in [0, 0.05) is 37.1 Å². The van der Waals surface area contributed by atoms with Gasteiger partial charge in [-0.2, -0.15) is 0 Å². The second-order valence-corrected chi connectivity index (χ2v) is 12.2. The first-order valence-electron chi connectivity index (χ1n) is 14.5. The highest BCUT2D eigenvalue weighted by molar-refractivity contribution is 14.1. The molecular formula is C32H38FIN2O7. The van der Waals surface area contributed by atoms with Gasteiger partial charge in [0.15, 0.2) is 11.5 Å². The summed E-state index contributed by atoms with van der Waals surface area (Å²) in [7, 11) is 1.43. The van der Waals surface area contributed by atoms with Crippen molar-refractivity contribution in [2.75, 3.05) is 20.3 Å². The molecule has 0 radical (unpaired) electrons. The molecule has 2 aliphatic carbocycles. The molecule has 0 saturated heterocycles. The lowest BCUT2D eigenvalue weighted by Crippen LogP contribution is -2.54. The first-order valence-corrected chi connectivity index (χ1v) is 15.6. The van der Waals surface area contributed by atoms with E-state index >= 15 is 0 Å². The molecule has 0 aliphatic heterocycles. The molecule has 232 valence electrons. The van der Waals surface area contributed by atoms with Crippen molar-refractivity contribution in [3.05, 3.63) is 68.6 Å². The normalized spacial score (nSPS) is 20.3. The van der Waals surface area contributed by atoms with E-state index in [1.165, 1.54) is 31.4 Å². The van der Waals surface area contributed by atoms with E-state index in [9.17, 15) is 29.0 Å². The van der Waals surface area contributed by atoms with Crippen LogP contribution in [0.15, 0.2) is 48.0 Å². The SMILES string of the molecule is COc1cc(C=O)cc(I)c1O[C@H]1C=C(C(=O)NCCO)C[C@@H](N(Cc2ccc(F)cc2)C(=O)CCC2CCCC2)[C@@H]1O. The molecule has 11 heteroatoms. The molecule has 2 aromatic carbocycles. The van der Waals surface area contributed by atoms with Crippen molar-refractivity contribution in [2.45, 2.75) is 69.7 Å². The van der Waals surface area contributed by atoms with Crippen molar-refractivity contribution < 1.29 is 38.5 Å². The Labute approximate surface area is 264 Å². The predicted molar refractivity (Wildman–Crippen MR) is 166 cm³/mol. The van der Waals surface area contributed by atoms with Crippen molar-refractivity contribution in [2.24, 2.45) is 5.92 Å². The molecule has 4 rings (SSSR count). The lowest BCUT2D eigenvalue weighted by atomic mass is 9.87. The maximum atomic E-state index is 13.8. The zero-order valence-electron chi connectivity index (χ0n) is 24.1. The zero-order valence-corrected chi connectivity index (χ0v) is 26.3. The van der Waals surface area contributed by atoms with Crippen LogP contribution in [-0.2, 0) is 16.1 Å². The van der Waals surface area contributed by atoms with Crippen molar-refractivity contribution in [1.29, 1.82) is 0 Å². The fourth-order valence-electron chi connectivity index (χ4n) is 5.78. The highest BCUT2D eigenvalue weighted by Gasteiger charge is 2.41. The number of carbonyl (C=O) groups excluding carboxylic acids is 3. The number of ether oxygens (including phenoxy) is 2. The highest BCUT2D eigenvalue weighted by atomic mass is 127. The van der Waals surface area contributed by atoms with Crippen molar-refractivity contribution in [3.8, 4) is 11.5 Å². The number of methoxy groups -OCH3 is 1. The lowest BCUT2D eigenvalue weighted by Gasteiger charge is -2.41.